The second-order valence-electron chi connectivity index (χ2n) is 5.67. The first kappa shape index (κ1) is 15.1. The van der Waals surface area contributed by atoms with Crippen molar-refractivity contribution in [1.82, 2.24) is 0 Å². The molecule has 0 aromatic heterocycles. The van der Waals surface area contributed by atoms with Crippen molar-refractivity contribution in [1.29, 1.82) is 0 Å². The van der Waals surface area contributed by atoms with Crippen molar-refractivity contribution in [2.24, 2.45) is 23.7 Å². The predicted molar refractivity (Wildman–Crippen MR) is 84.7 cm³/mol. The molecule has 0 radical (unpaired) electrons. The number of amides is 1. The Labute approximate surface area is 136 Å². The lowest BCUT2D eigenvalue weighted by molar-refractivity contribution is -0.146. The van der Waals surface area contributed by atoms with Gasteiger partial charge in [-0.05, 0) is 36.5 Å². The monoisotopic (exact) mass is 365 g/mol. The smallest absolute Gasteiger partial charge is 0.307 e. The van der Waals surface area contributed by atoms with E-state index in [2.05, 4.69) is 21.2 Å². The van der Waals surface area contributed by atoms with Crippen LogP contribution in [0.4, 0.5) is 5.69 Å². The fourth-order valence-electron chi connectivity index (χ4n) is 3.51. The minimum atomic E-state index is -0.904. The summed E-state index contributed by atoms with van der Waals surface area (Å²) in [6.07, 6.45) is 4.63. The molecule has 2 aliphatic carbocycles. The number of nitrogens with one attached hydrogen (secondary N) is 1. The van der Waals surface area contributed by atoms with Crippen LogP contribution in [-0.4, -0.2) is 24.1 Å². The minimum Gasteiger partial charge on any atom is -0.495 e. The molecule has 22 heavy (non-hydrogen) atoms. The van der Waals surface area contributed by atoms with Gasteiger partial charge in [0.25, 0.3) is 0 Å². The number of carboxylic acids is 1. The van der Waals surface area contributed by atoms with Gasteiger partial charge in [-0.3, -0.25) is 9.59 Å². The van der Waals surface area contributed by atoms with Crippen LogP contribution in [-0.2, 0) is 9.59 Å². The van der Waals surface area contributed by atoms with Gasteiger partial charge in [0.15, 0.2) is 0 Å². The molecule has 6 heteroatoms. The Kier molecular flexibility index (Phi) is 3.95. The van der Waals surface area contributed by atoms with Gasteiger partial charge in [-0.1, -0.05) is 28.1 Å². The van der Waals surface area contributed by atoms with Crippen LogP contribution < -0.4 is 10.1 Å². The molecule has 1 fully saturated rings. The molecule has 0 unspecified atom stereocenters. The van der Waals surface area contributed by atoms with Crippen LogP contribution in [0.15, 0.2) is 34.8 Å². The molecular formula is C16H16BrNO4. The number of carbonyl (C=O) groups excluding carboxylic acids is 1. The fourth-order valence-corrected chi connectivity index (χ4v) is 3.87. The Morgan fingerprint density at radius 2 is 1.95 bits per heavy atom. The van der Waals surface area contributed by atoms with Gasteiger partial charge in [0.2, 0.25) is 5.91 Å². The van der Waals surface area contributed by atoms with Gasteiger partial charge in [0.05, 0.1) is 24.6 Å². The molecule has 0 heterocycles. The Balaban J connectivity index is 1.84. The molecule has 0 saturated heterocycles. The summed E-state index contributed by atoms with van der Waals surface area (Å²) in [6, 6.07) is 5.31. The second-order valence-corrected chi connectivity index (χ2v) is 6.59. The summed E-state index contributed by atoms with van der Waals surface area (Å²) < 4.78 is 6.05. The molecule has 1 amide bonds. The largest absolute Gasteiger partial charge is 0.495 e. The van der Waals surface area contributed by atoms with Crippen LogP contribution in [0.25, 0.3) is 0 Å². The summed E-state index contributed by atoms with van der Waals surface area (Å²) in [4.78, 5) is 24.1. The molecule has 2 aliphatic rings. The van der Waals surface area contributed by atoms with Gasteiger partial charge in [0, 0.05) is 4.47 Å². The Morgan fingerprint density at radius 3 is 2.59 bits per heavy atom. The van der Waals surface area contributed by atoms with Crippen LogP contribution >= 0.6 is 15.9 Å². The Bertz CT molecular complexity index is 658. The van der Waals surface area contributed by atoms with Crippen LogP contribution in [0.2, 0.25) is 0 Å². The first-order valence-corrected chi connectivity index (χ1v) is 7.86. The van der Waals surface area contributed by atoms with Gasteiger partial charge in [-0.25, -0.2) is 0 Å². The highest BCUT2D eigenvalue weighted by Gasteiger charge is 2.51. The van der Waals surface area contributed by atoms with Crippen molar-refractivity contribution < 1.29 is 19.4 Å². The SMILES string of the molecule is COc1ccc(Br)cc1NC(=O)[C@H]1[C@H](C(=O)O)[C@H]2C=C[C@H]1C2. The highest BCUT2D eigenvalue weighted by molar-refractivity contribution is 9.10. The highest BCUT2D eigenvalue weighted by atomic mass is 79.9. The molecule has 1 saturated carbocycles. The van der Waals surface area contributed by atoms with Crippen molar-refractivity contribution in [3.8, 4) is 5.75 Å². The van der Waals surface area contributed by atoms with E-state index in [4.69, 9.17) is 4.74 Å². The molecule has 5 nitrogen and oxygen atoms in total. The third-order valence-electron chi connectivity index (χ3n) is 4.47. The number of anilines is 1. The maximum Gasteiger partial charge on any atom is 0.307 e. The zero-order chi connectivity index (χ0) is 15.9. The second kappa shape index (κ2) is 5.76. The Morgan fingerprint density at radius 1 is 1.27 bits per heavy atom. The quantitative estimate of drug-likeness (QED) is 0.804. The number of ether oxygens (including phenoxy) is 1. The van der Waals surface area contributed by atoms with Crippen LogP contribution in [0.5, 0.6) is 5.75 Å². The van der Waals surface area contributed by atoms with Crippen molar-refractivity contribution in [2.75, 3.05) is 12.4 Å². The number of methoxy groups -OCH3 is 1. The van der Waals surface area contributed by atoms with Gasteiger partial charge in [0.1, 0.15) is 5.75 Å². The zero-order valence-corrected chi connectivity index (χ0v) is 13.5. The molecule has 0 spiro atoms. The van der Waals surface area contributed by atoms with Gasteiger partial charge >= 0.3 is 5.97 Å². The molecule has 2 bridgehead atoms. The summed E-state index contributed by atoms with van der Waals surface area (Å²) in [5.41, 5.74) is 0.540. The Hall–Kier alpha value is -1.82. The number of hydrogen-bond donors (Lipinski definition) is 2. The van der Waals surface area contributed by atoms with Crippen molar-refractivity contribution in [3.05, 3.63) is 34.8 Å². The van der Waals surface area contributed by atoms with Crippen molar-refractivity contribution >= 4 is 33.5 Å². The van der Waals surface area contributed by atoms with E-state index in [1.165, 1.54) is 7.11 Å². The lowest BCUT2D eigenvalue weighted by atomic mass is 9.82. The van der Waals surface area contributed by atoms with E-state index >= 15 is 0 Å². The van der Waals surface area contributed by atoms with Crippen LogP contribution in [0.3, 0.4) is 0 Å². The van der Waals surface area contributed by atoms with Gasteiger partial charge in [-0.2, -0.15) is 0 Å². The third kappa shape index (κ3) is 2.52. The fraction of sp³-hybridized carbons (Fsp3) is 0.375. The standard InChI is InChI=1S/C16H16BrNO4/c1-22-12-5-4-10(17)7-11(12)18-15(19)13-8-2-3-9(6-8)14(13)16(20)21/h2-5,7-9,13-14H,6H2,1H3,(H,18,19)(H,20,21)/t8-,9-,13+,14+/m0/s1. The van der Waals surface area contributed by atoms with E-state index in [1.54, 1.807) is 12.1 Å². The zero-order valence-electron chi connectivity index (χ0n) is 12.0. The topological polar surface area (TPSA) is 75.6 Å². The van der Waals surface area contributed by atoms with Crippen LogP contribution in [0.1, 0.15) is 6.42 Å². The first-order valence-electron chi connectivity index (χ1n) is 7.07. The third-order valence-corrected chi connectivity index (χ3v) is 4.96. The molecule has 4 atom stereocenters. The summed E-state index contributed by atoms with van der Waals surface area (Å²) in [7, 11) is 1.53. The lowest BCUT2D eigenvalue weighted by Crippen LogP contribution is -2.36. The average molecular weight is 366 g/mol. The molecule has 1 aromatic carbocycles. The van der Waals surface area contributed by atoms with Gasteiger partial charge < -0.3 is 15.2 Å². The number of allylic oxidation sites excluding steroid dienone is 2. The summed E-state index contributed by atoms with van der Waals surface area (Å²) >= 11 is 3.35. The lowest BCUT2D eigenvalue weighted by Gasteiger charge is -2.24. The van der Waals surface area contributed by atoms with E-state index in [9.17, 15) is 14.7 Å². The molecule has 2 N–H and O–H groups in total. The molecule has 0 aliphatic heterocycles. The van der Waals surface area contributed by atoms with E-state index in [1.807, 2.05) is 18.2 Å². The predicted octanol–water partition coefficient (Wildman–Crippen LogP) is 2.92. The molecule has 1 aromatic rings. The van der Waals surface area contributed by atoms with E-state index < -0.39 is 17.8 Å². The van der Waals surface area contributed by atoms with E-state index in [0.29, 0.717) is 11.4 Å². The summed E-state index contributed by atoms with van der Waals surface area (Å²) in [5, 5.41) is 12.2. The maximum absolute atomic E-state index is 12.6. The van der Waals surface area contributed by atoms with Gasteiger partial charge in [-0.15, -0.1) is 0 Å². The number of benzene rings is 1. The van der Waals surface area contributed by atoms with E-state index in [0.717, 1.165) is 10.9 Å². The number of fused-ring (bicyclic) bond motifs is 2. The van der Waals surface area contributed by atoms with Crippen molar-refractivity contribution in [3.63, 3.8) is 0 Å². The number of rotatable bonds is 4. The molecule has 116 valence electrons. The number of halogens is 1. The number of carboxylic acid groups (broad SMARTS) is 1. The highest BCUT2D eigenvalue weighted by Crippen LogP contribution is 2.48. The van der Waals surface area contributed by atoms with E-state index in [-0.39, 0.29) is 17.7 Å². The normalized spacial score (nSPS) is 28.6. The number of aliphatic carboxylic acids is 1. The van der Waals surface area contributed by atoms with Crippen molar-refractivity contribution in [2.45, 2.75) is 6.42 Å². The molecule has 3 rings (SSSR count). The number of hydrogen-bond acceptors (Lipinski definition) is 3. The van der Waals surface area contributed by atoms with Crippen LogP contribution in [0, 0.1) is 23.7 Å². The first-order chi connectivity index (χ1) is 10.5. The summed E-state index contributed by atoms with van der Waals surface area (Å²) in [5.74, 6) is -1.84. The molecular weight excluding hydrogens is 350 g/mol. The average Bonchev–Trinajstić information content (AvgIpc) is 3.08. The minimum absolute atomic E-state index is 0.00393. The number of carbonyl (C=O) groups is 2. The summed E-state index contributed by atoms with van der Waals surface area (Å²) in [6.45, 7) is 0. The maximum atomic E-state index is 12.6.